The molecule has 6 rings (SSSR count). The fraction of sp³-hybridized carbons (Fsp3) is 0.265. The van der Waals surface area contributed by atoms with Crippen LogP contribution in [0.5, 0.6) is 11.6 Å². The quantitative estimate of drug-likeness (QED) is 0.186. The molecule has 10 heteroatoms. The lowest BCUT2D eigenvalue weighted by Crippen LogP contribution is -2.38. The van der Waals surface area contributed by atoms with Gasteiger partial charge in [-0.1, -0.05) is 54.6 Å². The van der Waals surface area contributed by atoms with E-state index >= 15 is 0 Å². The number of aliphatic hydroxyl groups excluding tert-OH is 1. The first kappa shape index (κ1) is 29.7. The van der Waals surface area contributed by atoms with Crippen molar-refractivity contribution in [1.82, 2.24) is 20.3 Å². The number of benzene rings is 3. The smallest absolute Gasteiger partial charge is 0.228 e. The number of anilines is 1. The third kappa shape index (κ3) is 6.72. The largest absolute Gasteiger partial charge is 0.437 e. The molecule has 0 aliphatic carbocycles. The van der Waals surface area contributed by atoms with Gasteiger partial charge in [-0.25, -0.2) is 23.4 Å². The molecule has 0 bridgehead atoms. The average molecular weight is 610 g/mol. The number of aliphatic hydroxyl groups is 1. The molecular weight excluding hydrogens is 574 g/mol. The highest BCUT2D eigenvalue weighted by Crippen LogP contribution is 2.38. The number of sulfone groups is 1. The van der Waals surface area contributed by atoms with Gasteiger partial charge in [-0.3, -0.25) is 0 Å². The number of fused-ring (bicyclic) bond motifs is 1. The van der Waals surface area contributed by atoms with Crippen molar-refractivity contribution in [2.24, 2.45) is 0 Å². The zero-order valence-electron chi connectivity index (χ0n) is 24.5. The molecule has 1 saturated heterocycles. The summed E-state index contributed by atoms with van der Waals surface area (Å²) in [6.07, 6.45) is 5.57. The first-order valence-corrected chi connectivity index (χ1v) is 16.5. The van der Waals surface area contributed by atoms with Crippen molar-refractivity contribution in [3.05, 3.63) is 107 Å². The molecule has 0 radical (unpaired) electrons. The summed E-state index contributed by atoms with van der Waals surface area (Å²) < 4.78 is 33.2. The maximum Gasteiger partial charge on any atom is 0.228 e. The van der Waals surface area contributed by atoms with Crippen LogP contribution in [0.15, 0.2) is 85.2 Å². The molecule has 2 aromatic heterocycles. The monoisotopic (exact) mass is 609 g/mol. The summed E-state index contributed by atoms with van der Waals surface area (Å²) in [6.45, 7) is 3.64. The Morgan fingerprint density at radius 3 is 2.55 bits per heavy atom. The van der Waals surface area contributed by atoms with Crippen LogP contribution in [0.1, 0.15) is 35.1 Å². The minimum atomic E-state index is -3.54. The normalized spacial score (nSPS) is 15.3. The molecule has 0 unspecified atom stereocenters. The lowest BCUT2D eigenvalue weighted by atomic mass is 10.0. The predicted molar refractivity (Wildman–Crippen MR) is 172 cm³/mol. The molecular formula is C34H35N5O4S. The highest BCUT2D eigenvalue weighted by molar-refractivity contribution is 7.89. The van der Waals surface area contributed by atoms with Gasteiger partial charge in [0.1, 0.15) is 5.75 Å². The van der Waals surface area contributed by atoms with Gasteiger partial charge in [0.15, 0.2) is 9.84 Å². The van der Waals surface area contributed by atoms with E-state index in [1.807, 2.05) is 55.5 Å². The molecule has 0 spiro atoms. The Morgan fingerprint density at radius 2 is 1.73 bits per heavy atom. The van der Waals surface area contributed by atoms with E-state index in [2.05, 4.69) is 20.6 Å². The van der Waals surface area contributed by atoms with Crippen LogP contribution < -0.4 is 15.4 Å². The highest BCUT2D eigenvalue weighted by Gasteiger charge is 2.20. The van der Waals surface area contributed by atoms with Crippen LogP contribution in [0.2, 0.25) is 0 Å². The van der Waals surface area contributed by atoms with E-state index in [9.17, 15) is 13.5 Å². The van der Waals surface area contributed by atoms with Gasteiger partial charge in [0.05, 0.1) is 29.4 Å². The lowest BCUT2D eigenvalue weighted by molar-refractivity contribution is 0.281. The van der Waals surface area contributed by atoms with Gasteiger partial charge in [0.25, 0.3) is 0 Å². The van der Waals surface area contributed by atoms with Crippen molar-refractivity contribution in [3.63, 3.8) is 0 Å². The average Bonchev–Trinajstić information content (AvgIpc) is 3.03. The van der Waals surface area contributed by atoms with Crippen molar-refractivity contribution in [1.29, 1.82) is 0 Å². The molecule has 44 heavy (non-hydrogen) atoms. The molecule has 9 nitrogen and oxygen atoms in total. The minimum absolute atomic E-state index is 0.144. The first-order valence-electron chi connectivity index (χ1n) is 14.7. The number of aromatic nitrogens is 3. The summed E-state index contributed by atoms with van der Waals surface area (Å²) in [7, 11) is -3.54. The van der Waals surface area contributed by atoms with Crippen LogP contribution in [-0.2, 0) is 27.9 Å². The van der Waals surface area contributed by atoms with Crippen molar-refractivity contribution >= 4 is 26.6 Å². The zero-order valence-corrected chi connectivity index (χ0v) is 25.3. The van der Waals surface area contributed by atoms with E-state index in [1.54, 1.807) is 36.7 Å². The molecule has 1 aliphatic heterocycles. The van der Waals surface area contributed by atoms with Crippen LogP contribution in [0.4, 0.5) is 5.95 Å². The second-order valence-electron chi connectivity index (χ2n) is 11.1. The number of pyridine rings is 1. The molecule has 226 valence electrons. The Morgan fingerprint density at radius 1 is 0.909 bits per heavy atom. The van der Waals surface area contributed by atoms with Crippen molar-refractivity contribution in [3.8, 4) is 22.9 Å². The summed E-state index contributed by atoms with van der Waals surface area (Å²) in [5.41, 5.74) is 4.19. The molecule has 1 fully saturated rings. The van der Waals surface area contributed by atoms with Gasteiger partial charge in [-0.15, -0.1) is 0 Å². The van der Waals surface area contributed by atoms with Crippen molar-refractivity contribution < 1.29 is 18.3 Å². The van der Waals surface area contributed by atoms with Gasteiger partial charge < -0.3 is 20.5 Å². The Labute approximate surface area is 257 Å². The highest BCUT2D eigenvalue weighted by atomic mass is 32.2. The maximum absolute atomic E-state index is 13.3. The SMILES string of the molecule is Cc1ccc2c(CS(=O)(=O)Cc3ccccc3CO)cccc2c1Oc1ncccc1-c1ccnc(N[C@H]2CCCNC2)n1. The number of rotatable bonds is 10. The second-order valence-corrected chi connectivity index (χ2v) is 13.2. The summed E-state index contributed by atoms with van der Waals surface area (Å²) >= 11 is 0. The van der Waals surface area contributed by atoms with Gasteiger partial charge in [0, 0.05) is 30.4 Å². The minimum Gasteiger partial charge on any atom is -0.437 e. The van der Waals surface area contributed by atoms with Crippen LogP contribution >= 0.6 is 0 Å². The number of ether oxygens (including phenoxy) is 1. The van der Waals surface area contributed by atoms with Crippen LogP contribution in [-0.4, -0.2) is 47.6 Å². The van der Waals surface area contributed by atoms with E-state index in [1.165, 1.54) is 0 Å². The third-order valence-corrected chi connectivity index (χ3v) is 9.37. The summed E-state index contributed by atoms with van der Waals surface area (Å²) in [4.78, 5) is 13.8. The maximum atomic E-state index is 13.3. The number of nitrogens with one attached hydrogen (secondary N) is 2. The van der Waals surface area contributed by atoms with Crippen LogP contribution in [0.25, 0.3) is 22.0 Å². The standard InChI is InChI=1S/C34H35N5O4S/c1-23-13-14-28-26(22-44(41,42)21-25-8-3-2-7-24(25)20-40)9-4-11-29(28)32(23)43-33-30(12-6-17-36-33)31-15-18-37-34(39-31)38-27-10-5-16-35-19-27/h2-4,6-9,11-15,17-18,27,35,40H,5,10,16,19-22H2,1H3,(H,37,38,39)/t27-/m0/s1. The van der Waals surface area contributed by atoms with E-state index in [0.29, 0.717) is 40.0 Å². The Hall–Kier alpha value is -4.38. The van der Waals surface area contributed by atoms with E-state index in [-0.39, 0.29) is 24.2 Å². The fourth-order valence-electron chi connectivity index (χ4n) is 5.64. The van der Waals surface area contributed by atoms with Crippen molar-refractivity contribution in [2.45, 2.75) is 43.9 Å². The molecule has 1 atom stereocenters. The molecule has 0 amide bonds. The molecule has 3 aromatic carbocycles. The van der Waals surface area contributed by atoms with Gasteiger partial charge in [0.2, 0.25) is 11.8 Å². The Balaban J connectivity index is 1.30. The van der Waals surface area contributed by atoms with E-state index in [0.717, 1.165) is 47.8 Å². The number of hydrogen-bond donors (Lipinski definition) is 3. The molecule has 1 aliphatic rings. The molecule has 3 heterocycles. The third-order valence-electron chi connectivity index (χ3n) is 7.87. The van der Waals surface area contributed by atoms with Crippen LogP contribution in [0.3, 0.4) is 0 Å². The molecule has 0 saturated carbocycles. The predicted octanol–water partition coefficient (Wildman–Crippen LogP) is 5.56. The molecule has 5 aromatic rings. The first-order chi connectivity index (χ1) is 21.4. The summed E-state index contributed by atoms with van der Waals surface area (Å²) in [6, 6.07) is 22.4. The number of hydrogen-bond acceptors (Lipinski definition) is 9. The van der Waals surface area contributed by atoms with Crippen LogP contribution in [0, 0.1) is 6.92 Å². The van der Waals surface area contributed by atoms with Gasteiger partial charge in [-0.05, 0) is 72.1 Å². The fourth-order valence-corrected chi connectivity index (χ4v) is 7.23. The summed E-state index contributed by atoms with van der Waals surface area (Å²) in [5, 5.41) is 18.1. The van der Waals surface area contributed by atoms with Crippen molar-refractivity contribution in [2.75, 3.05) is 18.4 Å². The Bertz CT molecular complexity index is 1890. The van der Waals surface area contributed by atoms with E-state index < -0.39 is 9.84 Å². The summed E-state index contributed by atoms with van der Waals surface area (Å²) in [5.74, 6) is 1.26. The number of aryl methyl sites for hydroxylation is 1. The number of piperidine rings is 1. The molecule has 3 N–H and O–H groups in total. The van der Waals surface area contributed by atoms with Gasteiger partial charge >= 0.3 is 0 Å². The van der Waals surface area contributed by atoms with Gasteiger partial charge in [-0.2, -0.15) is 0 Å². The Kier molecular flexibility index (Phi) is 8.83. The lowest BCUT2D eigenvalue weighted by Gasteiger charge is -2.23. The zero-order chi connectivity index (χ0) is 30.5. The second kappa shape index (κ2) is 13.1. The van der Waals surface area contributed by atoms with E-state index in [4.69, 9.17) is 9.72 Å². The number of nitrogens with zero attached hydrogens (tertiary/aromatic N) is 3. The topological polar surface area (TPSA) is 126 Å².